The lowest BCUT2D eigenvalue weighted by atomic mass is 10.6. The van der Waals surface area contributed by atoms with Crippen LogP contribution in [-0.4, -0.2) is 23.2 Å². The number of H-pyrrole nitrogens is 1. The Hall–Kier alpha value is -1.42. The van der Waals surface area contributed by atoms with E-state index in [0.717, 1.165) is 5.82 Å². The maximum absolute atomic E-state index is 4.24. The molecule has 0 amide bonds. The van der Waals surface area contributed by atoms with Crippen LogP contribution in [0.4, 0.5) is 5.82 Å². The molecule has 0 saturated carbocycles. The molecule has 11 heavy (non-hydrogen) atoms. The lowest BCUT2D eigenvalue weighted by Gasteiger charge is -2.15. The molecule has 0 saturated heterocycles. The number of nitrogens with one attached hydrogen (secondary N) is 1. The number of nitrogens with zero attached hydrogens (tertiary/aromatic N) is 3. The lowest BCUT2D eigenvalue weighted by Crippen LogP contribution is -2.30. The summed E-state index contributed by atoms with van der Waals surface area (Å²) in [7, 11) is 1.98. The van der Waals surface area contributed by atoms with Crippen LogP contribution in [0.15, 0.2) is 29.9 Å². The first kappa shape index (κ1) is 6.30. The summed E-state index contributed by atoms with van der Waals surface area (Å²) in [6, 6.07) is 0. The first-order valence-electron chi connectivity index (χ1n) is 3.40. The third-order valence-corrected chi connectivity index (χ3v) is 1.74. The fourth-order valence-corrected chi connectivity index (χ4v) is 1.06. The minimum absolute atomic E-state index is 0.431. The second-order valence-corrected chi connectivity index (χ2v) is 2.57. The van der Waals surface area contributed by atoms with Crippen LogP contribution in [0.2, 0.25) is 0 Å². The highest BCUT2D eigenvalue weighted by Crippen LogP contribution is 2.20. The molecule has 1 unspecified atom stereocenters. The number of aromatic amines is 1. The van der Waals surface area contributed by atoms with Crippen molar-refractivity contribution in [3.8, 4) is 0 Å². The van der Waals surface area contributed by atoms with E-state index in [9.17, 15) is 0 Å². The Balaban J connectivity index is 2.43. The standard InChI is InChI=1S/C7H9N4/c1-11(4-2-3-10-11)7-5-8-6-9-7/h2-6H,1H3,(H,8,9)/q+1. The highest BCUT2D eigenvalue weighted by atomic mass is 15.6. The van der Waals surface area contributed by atoms with Gasteiger partial charge in [-0.1, -0.05) is 5.10 Å². The van der Waals surface area contributed by atoms with Gasteiger partial charge in [0.05, 0.1) is 12.5 Å². The van der Waals surface area contributed by atoms with Crippen LogP contribution >= 0.6 is 0 Å². The number of aromatic nitrogens is 2. The summed E-state index contributed by atoms with van der Waals surface area (Å²) >= 11 is 0. The van der Waals surface area contributed by atoms with Crippen molar-refractivity contribution in [1.29, 1.82) is 0 Å². The molecule has 0 radical (unpaired) electrons. The summed E-state index contributed by atoms with van der Waals surface area (Å²) in [5, 5.41) is 4.24. The maximum atomic E-state index is 4.24. The number of allylic oxidation sites excluding steroid dienone is 1. The maximum Gasteiger partial charge on any atom is 0.256 e. The van der Waals surface area contributed by atoms with Crippen molar-refractivity contribution in [2.24, 2.45) is 5.10 Å². The number of quaternary nitrogens is 1. The molecule has 0 spiro atoms. The van der Waals surface area contributed by atoms with E-state index >= 15 is 0 Å². The van der Waals surface area contributed by atoms with Crippen molar-refractivity contribution in [2.45, 2.75) is 0 Å². The minimum Gasteiger partial charge on any atom is -0.298 e. The van der Waals surface area contributed by atoms with Crippen LogP contribution in [0.5, 0.6) is 0 Å². The zero-order valence-electron chi connectivity index (χ0n) is 6.23. The van der Waals surface area contributed by atoms with Crippen molar-refractivity contribution in [1.82, 2.24) is 14.6 Å². The van der Waals surface area contributed by atoms with Gasteiger partial charge in [-0.3, -0.25) is 4.98 Å². The van der Waals surface area contributed by atoms with Crippen molar-refractivity contribution in [2.75, 3.05) is 7.05 Å². The van der Waals surface area contributed by atoms with Gasteiger partial charge in [-0.2, -0.15) is 0 Å². The van der Waals surface area contributed by atoms with E-state index in [2.05, 4.69) is 15.1 Å². The van der Waals surface area contributed by atoms with Gasteiger partial charge in [0.15, 0.2) is 0 Å². The molecule has 0 aliphatic carbocycles. The van der Waals surface area contributed by atoms with Crippen molar-refractivity contribution in [3.63, 3.8) is 0 Å². The smallest absolute Gasteiger partial charge is 0.256 e. The molecule has 2 rings (SSSR count). The van der Waals surface area contributed by atoms with Gasteiger partial charge in [0.25, 0.3) is 5.82 Å². The minimum atomic E-state index is 0.431. The van der Waals surface area contributed by atoms with Crippen molar-refractivity contribution >= 4 is 12.0 Å². The third-order valence-electron chi connectivity index (χ3n) is 1.74. The van der Waals surface area contributed by atoms with Gasteiger partial charge < -0.3 is 0 Å². The predicted octanol–water partition coefficient (Wildman–Crippen LogP) is 0.860. The lowest BCUT2D eigenvalue weighted by molar-refractivity contribution is 0.474. The van der Waals surface area contributed by atoms with Gasteiger partial charge in [0.2, 0.25) is 0 Å². The normalized spacial score (nSPS) is 28.1. The SMILES string of the molecule is C[N+]1(c2cnc[nH]2)C=CC=N1. The Bertz CT molecular complexity index is 284. The predicted molar refractivity (Wildman–Crippen MR) is 43.9 cm³/mol. The average Bonchev–Trinajstić information content (AvgIpc) is 2.55. The quantitative estimate of drug-likeness (QED) is 0.591. The summed E-state index contributed by atoms with van der Waals surface area (Å²) in [4.78, 5) is 6.95. The molecule has 0 fully saturated rings. The number of hydrogen-bond acceptors (Lipinski definition) is 2. The van der Waals surface area contributed by atoms with Gasteiger partial charge in [0, 0.05) is 6.08 Å². The van der Waals surface area contributed by atoms with E-state index in [1.807, 2.05) is 19.3 Å². The molecular weight excluding hydrogens is 140 g/mol. The van der Waals surface area contributed by atoms with E-state index in [4.69, 9.17) is 0 Å². The Labute approximate surface area is 64.5 Å². The highest BCUT2D eigenvalue weighted by molar-refractivity contribution is 5.75. The molecule has 56 valence electrons. The summed E-state index contributed by atoms with van der Waals surface area (Å²) in [5.41, 5.74) is 0. The molecule has 1 aromatic rings. The van der Waals surface area contributed by atoms with Crippen LogP contribution in [0.25, 0.3) is 0 Å². The second kappa shape index (κ2) is 2.03. The summed E-state index contributed by atoms with van der Waals surface area (Å²) in [6.45, 7) is 0. The van der Waals surface area contributed by atoms with Crippen molar-refractivity contribution in [3.05, 3.63) is 24.8 Å². The summed E-state index contributed by atoms with van der Waals surface area (Å²) in [6.07, 6.45) is 9.10. The van der Waals surface area contributed by atoms with Crippen LogP contribution in [0.1, 0.15) is 0 Å². The Morgan fingerprint density at radius 3 is 3.00 bits per heavy atom. The number of rotatable bonds is 1. The Morgan fingerprint density at radius 2 is 2.45 bits per heavy atom. The van der Waals surface area contributed by atoms with Gasteiger partial charge in [0.1, 0.15) is 19.4 Å². The molecule has 1 aromatic heterocycles. The summed E-state index contributed by atoms with van der Waals surface area (Å²) in [5.74, 6) is 0.968. The topological polar surface area (TPSA) is 41.0 Å². The van der Waals surface area contributed by atoms with E-state index < -0.39 is 0 Å². The Kier molecular flexibility index (Phi) is 1.16. The molecule has 1 atom stereocenters. The van der Waals surface area contributed by atoms with Crippen molar-refractivity contribution < 1.29 is 0 Å². The van der Waals surface area contributed by atoms with Gasteiger partial charge >= 0.3 is 0 Å². The van der Waals surface area contributed by atoms with Gasteiger partial charge in [-0.15, -0.1) is 4.59 Å². The first-order valence-corrected chi connectivity index (χ1v) is 3.40. The van der Waals surface area contributed by atoms with E-state index in [-0.39, 0.29) is 0 Å². The summed E-state index contributed by atoms with van der Waals surface area (Å²) < 4.78 is 0.431. The average molecular weight is 149 g/mol. The molecule has 0 bridgehead atoms. The van der Waals surface area contributed by atoms with E-state index in [0.29, 0.717) is 4.59 Å². The van der Waals surface area contributed by atoms with E-state index in [1.54, 1.807) is 18.7 Å². The molecule has 1 aliphatic heterocycles. The Morgan fingerprint density at radius 1 is 1.55 bits per heavy atom. The molecular formula is C7H9N4+. The fourth-order valence-electron chi connectivity index (χ4n) is 1.06. The zero-order valence-corrected chi connectivity index (χ0v) is 6.23. The second-order valence-electron chi connectivity index (χ2n) is 2.57. The van der Waals surface area contributed by atoms with Gasteiger partial charge in [-0.05, 0) is 0 Å². The zero-order chi connectivity index (χ0) is 7.73. The molecule has 0 aromatic carbocycles. The largest absolute Gasteiger partial charge is 0.298 e. The molecule has 4 heteroatoms. The van der Waals surface area contributed by atoms with Crippen LogP contribution in [0, 0.1) is 0 Å². The van der Waals surface area contributed by atoms with Gasteiger partial charge in [-0.25, -0.2) is 4.98 Å². The van der Waals surface area contributed by atoms with Crippen LogP contribution in [-0.2, 0) is 0 Å². The molecule has 2 heterocycles. The molecule has 1 aliphatic rings. The molecule has 1 N–H and O–H groups in total. The number of hydrogen-bond donors (Lipinski definition) is 1. The number of imidazole rings is 1. The monoisotopic (exact) mass is 149 g/mol. The van der Waals surface area contributed by atoms with Crippen LogP contribution in [0.3, 0.4) is 0 Å². The van der Waals surface area contributed by atoms with E-state index in [1.165, 1.54) is 0 Å². The first-order chi connectivity index (χ1) is 5.31. The fraction of sp³-hybridized carbons (Fsp3) is 0.143. The molecule has 4 nitrogen and oxygen atoms in total. The highest BCUT2D eigenvalue weighted by Gasteiger charge is 2.25. The third kappa shape index (κ3) is 0.877. The van der Waals surface area contributed by atoms with Crippen LogP contribution < -0.4 is 4.59 Å².